The Balaban J connectivity index is 0.00000888. The Morgan fingerprint density at radius 2 is 1.39 bits per heavy atom. The summed E-state index contributed by atoms with van der Waals surface area (Å²) in [7, 11) is -13.4. The Morgan fingerprint density at radius 3 is 2.10 bits per heavy atom. The van der Waals surface area contributed by atoms with Gasteiger partial charge in [-0.25, -0.2) is 0 Å². The van der Waals surface area contributed by atoms with Crippen LogP contribution in [0.25, 0.3) is 0 Å². The van der Waals surface area contributed by atoms with Crippen LogP contribution in [0.1, 0.15) is 126 Å². The number of unbranched alkanes of at least 4 members (excludes halogenated alkanes) is 6. The van der Waals surface area contributed by atoms with E-state index in [1.807, 2.05) is 44.2 Å². The van der Waals surface area contributed by atoms with Crippen molar-refractivity contribution in [2.24, 2.45) is 0 Å². The van der Waals surface area contributed by atoms with Crippen LogP contribution in [0.2, 0.25) is 0 Å². The second-order valence-corrected chi connectivity index (χ2v) is 23.4. The number of anilines is 1. The molecule has 4 heterocycles. The van der Waals surface area contributed by atoms with E-state index in [0.29, 0.717) is 102 Å². The van der Waals surface area contributed by atoms with Crippen LogP contribution in [0.15, 0.2) is 70.1 Å². The summed E-state index contributed by atoms with van der Waals surface area (Å²) in [5.74, 6) is 0.197. The number of hydrogen-bond donors (Lipinski definition) is 4. The molecule has 0 radical (unpaired) electrons. The van der Waals surface area contributed by atoms with Gasteiger partial charge in [-0.3, -0.25) is 18.5 Å². The van der Waals surface area contributed by atoms with Crippen molar-refractivity contribution in [3.8, 4) is 0 Å². The van der Waals surface area contributed by atoms with Crippen molar-refractivity contribution >= 4 is 94.5 Å². The minimum atomic E-state index is -4.62. The number of carbonyl (C=O) groups excluding carboxylic acids is 1. The Labute approximate surface area is 436 Å². The van der Waals surface area contributed by atoms with Crippen LogP contribution in [-0.2, 0) is 68.3 Å². The van der Waals surface area contributed by atoms with E-state index in [4.69, 9.17) is 21.1 Å². The third kappa shape index (κ3) is 14.4. The van der Waals surface area contributed by atoms with E-state index in [-0.39, 0.29) is 51.7 Å². The van der Waals surface area contributed by atoms with Crippen LogP contribution in [-0.4, -0.2) is 142 Å². The van der Waals surface area contributed by atoms with Crippen LogP contribution in [0.4, 0.5) is 11.4 Å². The predicted molar refractivity (Wildman–Crippen MR) is 272 cm³/mol. The van der Waals surface area contributed by atoms with Gasteiger partial charge in [0, 0.05) is 72.4 Å². The first-order valence-electron chi connectivity index (χ1n) is 24.0. The van der Waals surface area contributed by atoms with Crippen molar-refractivity contribution in [3.05, 3.63) is 82.6 Å². The summed E-state index contributed by atoms with van der Waals surface area (Å²) in [4.78, 5) is 14.5. The van der Waals surface area contributed by atoms with Gasteiger partial charge in [0.05, 0.1) is 36.6 Å². The standard InChI is InChI=1S/C49H68ClN3O12S3.Na.H/c1-48(26-10-6-9-21-43(54)51-29-33-65-35-34-64-32-13-4-3-12-28-50)41(52-30-15-17-37-22-24-39(67(58,59)60)44(48)46(37)52)19-7-5-8-20-42-49(2,27-11-14-36-66(55,56)57)45-40(68(61,62)63)25-23-38-18-16-31-53(42)47(38)45;;/h5,7-8,19-20,22-25H,3-4,6,9-18,21,26-36H2,1-2H3,(H3-,51,54,55,56,57,58,59,60,61,62,63);;/p+1. The van der Waals surface area contributed by atoms with Crippen molar-refractivity contribution in [1.29, 1.82) is 0 Å². The molecule has 4 aliphatic rings. The molecule has 6 rings (SSSR count). The van der Waals surface area contributed by atoms with Gasteiger partial charge in [-0.05, 0) is 95.4 Å². The van der Waals surface area contributed by atoms with E-state index in [0.717, 1.165) is 91.7 Å². The van der Waals surface area contributed by atoms with Crippen LogP contribution in [0, 0.1) is 0 Å². The third-order valence-electron chi connectivity index (χ3n) is 13.8. The van der Waals surface area contributed by atoms with E-state index >= 15 is 0 Å². The molecule has 15 nitrogen and oxygen atoms in total. The Kier molecular flexibility index (Phi) is 21.2. The first-order chi connectivity index (χ1) is 32.3. The summed E-state index contributed by atoms with van der Waals surface area (Å²) in [6, 6.07) is 6.48. The molecule has 0 fully saturated rings. The van der Waals surface area contributed by atoms with Gasteiger partial charge in [0.15, 0.2) is 5.71 Å². The second-order valence-electron chi connectivity index (χ2n) is 18.7. The van der Waals surface area contributed by atoms with Crippen molar-refractivity contribution in [2.75, 3.05) is 62.6 Å². The molecule has 0 saturated carbocycles. The zero-order chi connectivity index (χ0) is 49.2. The summed E-state index contributed by atoms with van der Waals surface area (Å²) >= 11 is 5.71. The number of allylic oxidation sites excluding steroid dienone is 6. The number of amides is 1. The van der Waals surface area contributed by atoms with E-state index in [9.17, 15) is 43.7 Å². The fraction of sp³-hybridized carbons (Fsp3) is 0.592. The van der Waals surface area contributed by atoms with Crippen molar-refractivity contribution < 1.29 is 57.8 Å². The van der Waals surface area contributed by atoms with Gasteiger partial charge in [-0.1, -0.05) is 62.5 Å². The fourth-order valence-electron chi connectivity index (χ4n) is 10.6. The minimum absolute atomic E-state index is 0. The van der Waals surface area contributed by atoms with Crippen LogP contribution >= 0.6 is 11.6 Å². The quantitative estimate of drug-likeness (QED) is 0.0162. The van der Waals surface area contributed by atoms with Gasteiger partial charge in [-0.2, -0.15) is 29.8 Å². The second kappa shape index (κ2) is 25.5. The number of halogens is 1. The van der Waals surface area contributed by atoms with Gasteiger partial charge < -0.3 is 19.7 Å². The Morgan fingerprint density at radius 1 is 0.754 bits per heavy atom. The van der Waals surface area contributed by atoms with Gasteiger partial charge >= 0.3 is 29.6 Å². The maximum atomic E-state index is 13.0. The van der Waals surface area contributed by atoms with Gasteiger partial charge in [0.1, 0.15) is 16.3 Å². The average molecular weight is 1050 g/mol. The van der Waals surface area contributed by atoms with E-state index in [2.05, 4.69) is 14.8 Å². The molecule has 0 saturated heterocycles. The molecule has 4 aliphatic heterocycles. The molecule has 2 atom stereocenters. The molecular formula is C49H70ClN3NaO12S3+. The molecule has 4 N–H and O–H groups in total. The number of carbonyl (C=O) groups is 1. The molecule has 0 spiro atoms. The number of aryl methyl sites for hydroxylation is 2. The number of alkyl halides is 1. The summed E-state index contributed by atoms with van der Waals surface area (Å²) in [5, 5.41) is 2.91. The van der Waals surface area contributed by atoms with Gasteiger partial charge in [-0.15, -0.1) is 11.6 Å². The number of nitrogens with one attached hydrogen (secondary N) is 1. The SMILES string of the molecule is CC1(CCCCS(=O)(=O)O)C(/C=C/C=C/C=C2\N3CCCc4ccc(S(=O)(=O)O)c(c43)C2(C)CCCCCC(=O)NCCOCCOCCCCCCCl)=[N+]2CCCc3ccc(S(=O)(=O)O)c1c32.[NaH]. The molecule has 2 aromatic rings. The molecule has 0 aliphatic carbocycles. The number of rotatable bonds is 28. The third-order valence-corrected chi connectivity index (χ3v) is 16.6. The molecule has 0 bridgehead atoms. The van der Waals surface area contributed by atoms with Crippen LogP contribution < -0.4 is 10.2 Å². The van der Waals surface area contributed by atoms with Gasteiger partial charge in [0.25, 0.3) is 30.4 Å². The van der Waals surface area contributed by atoms with E-state index in [1.165, 1.54) is 12.1 Å². The average Bonchev–Trinajstić information content (AvgIpc) is 3.67. The summed E-state index contributed by atoms with van der Waals surface area (Å²) in [5.41, 5.74) is 4.54. The number of ether oxygens (including phenoxy) is 2. The molecule has 20 heteroatoms. The molecular weight excluding hydrogens is 977 g/mol. The molecule has 2 aromatic carbocycles. The predicted octanol–water partition coefficient (Wildman–Crippen LogP) is 7.51. The summed E-state index contributed by atoms with van der Waals surface area (Å²) in [6.07, 6.45) is 20.7. The van der Waals surface area contributed by atoms with Crippen LogP contribution in [0.5, 0.6) is 0 Å². The first kappa shape index (κ1) is 57.4. The Hall–Kier alpha value is -2.46. The molecule has 1 amide bonds. The van der Waals surface area contributed by atoms with Crippen molar-refractivity contribution in [3.63, 3.8) is 0 Å². The molecule has 378 valence electrons. The zero-order valence-electron chi connectivity index (χ0n) is 39.4. The maximum absolute atomic E-state index is 13.0. The number of nitrogens with zero attached hydrogens (tertiary/aromatic N) is 2. The zero-order valence-corrected chi connectivity index (χ0v) is 42.6. The van der Waals surface area contributed by atoms with Gasteiger partial charge in [0.2, 0.25) is 11.6 Å². The van der Waals surface area contributed by atoms with E-state index < -0.39 is 46.9 Å². The van der Waals surface area contributed by atoms with Crippen molar-refractivity contribution in [2.45, 2.75) is 137 Å². The molecule has 69 heavy (non-hydrogen) atoms. The molecule has 0 aromatic heterocycles. The number of hydrogen-bond acceptors (Lipinski definition) is 10. The van der Waals surface area contributed by atoms with Crippen LogP contribution in [0.3, 0.4) is 0 Å². The topological polar surface area (TPSA) is 217 Å². The Bertz CT molecular complexity index is 2620. The first-order valence-corrected chi connectivity index (χ1v) is 29.0. The van der Waals surface area contributed by atoms with E-state index in [1.54, 1.807) is 12.1 Å². The normalized spacial score (nSPS) is 20.6. The monoisotopic (exact) mass is 1050 g/mol. The van der Waals surface area contributed by atoms with Crippen molar-refractivity contribution in [1.82, 2.24) is 5.32 Å². The molecule has 2 unspecified atom stereocenters. The summed E-state index contributed by atoms with van der Waals surface area (Å²) < 4.78 is 118. The number of benzene rings is 2. The summed E-state index contributed by atoms with van der Waals surface area (Å²) in [6.45, 7) is 7.66. The fourth-order valence-corrected chi connectivity index (χ4v) is 13.0.